The average molecular weight is 210 g/mol. The van der Waals surface area contributed by atoms with Crippen molar-refractivity contribution in [2.24, 2.45) is 5.73 Å². The summed E-state index contributed by atoms with van der Waals surface area (Å²) in [6, 6.07) is 7.46. The van der Waals surface area contributed by atoms with Gasteiger partial charge in [-0.3, -0.25) is 9.59 Å². The maximum absolute atomic E-state index is 10.6. The van der Waals surface area contributed by atoms with Gasteiger partial charge >= 0.3 is 0 Å². The summed E-state index contributed by atoms with van der Waals surface area (Å²) in [6.07, 6.45) is 0. The van der Waals surface area contributed by atoms with Gasteiger partial charge in [0.25, 0.3) is 6.47 Å². The lowest BCUT2D eigenvalue weighted by Crippen LogP contribution is -2.05. The van der Waals surface area contributed by atoms with Crippen LogP contribution in [0, 0.1) is 0 Å². The number of benzene rings is 1. The van der Waals surface area contributed by atoms with Crippen LogP contribution in [-0.4, -0.2) is 17.5 Å². The van der Waals surface area contributed by atoms with E-state index in [9.17, 15) is 4.79 Å². The summed E-state index contributed by atoms with van der Waals surface area (Å²) in [5.74, 6) is -0.0597. The molecule has 0 saturated carbocycles. The number of nitrogens with one attached hydrogen (secondary N) is 1. The predicted molar refractivity (Wildman–Crippen MR) is 57.3 cm³/mol. The molecular formula is C10H14N2O3. The van der Waals surface area contributed by atoms with Crippen molar-refractivity contribution in [1.82, 2.24) is 0 Å². The number of hydrogen-bond donors (Lipinski definition) is 3. The lowest BCUT2D eigenvalue weighted by molar-refractivity contribution is -0.123. The van der Waals surface area contributed by atoms with E-state index in [0.29, 0.717) is 6.54 Å². The second kappa shape index (κ2) is 7.52. The van der Waals surface area contributed by atoms with E-state index < -0.39 is 0 Å². The fraction of sp³-hybridized carbons (Fsp3) is 0.200. The summed E-state index contributed by atoms with van der Waals surface area (Å²) in [7, 11) is 0. The van der Waals surface area contributed by atoms with Crippen molar-refractivity contribution in [3.8, 4) is 0 Å². The van der Waals surface area contributed by atoms with Gasteiger partial charge in [-0.2, -0.15) is 0 Å². The quantitative estimate of drug-likeness (QED) is 0.629. The number of anilines is 1. The first-order chi connectivity index (χ1) is 7.13. The zero-order chi connectivity index (χ0) is 11.7. The molecule has 5 heteroatoms. The van der Waals surface area contributed by atoms with Gasteiger partial charge in [0.05, 0.1) is 0 Å². The van der Waals surface area contributed by atoms with E-state index in [-0.39, 0.29) is 12.4 Å². The zero-order valence-corrected chi connectivity index (χ0v) is 8.43. The van der Waals surface area contributed by atoms with Crippen LogP contribution in [0.5, 0.6) is 0 Å². The second-order valence-electron chi connectivity index (χ2n) is 2.69. The van der Waals surface area contributed by atoms with Crippen molar-refractivity contribution in [3.63, 3.8) is 0 Å². The van der Waals surface area contributed by atoms with E-state index in [1.54, 1.807) is 0 Å². The molecule has 1 aromatic rings. The van der Waals surface area contributed by atoms with Gasteiger partial charge in [0.1, 0.15) is 0 Å². The van der Waals surface area contributed by atoms with Gasteiger partial charge in [-0.15, -0.1) is 0 Å². The van der Waals surface area contributed by atoms with Crippen LogP contribution in [-0.2, 0) is 16.1 Å². The van der Waals surface area contributed by atoms with Crippen LogP contribution < -0.4 is 11.1 Å². The Morgan fingerprint density at radius 3 is 2.27 bits per heavy atom. The maximum Gasteiger partial charge on any atom is 0.290 e. The topological polar surface area (TPSA) is 92.4 Å². The smallest absolute Gasteiger partial charge is 0.290 e. The number of carbonyl (C=O) groups is 2. The molecule has 82 valence electrons. The third kappa shape index (κ3) is 6.23. The van der Waals surface area contributed by atoms with Crippen molar-refractivity contribution in [3.05, 3.63) is 29.8 Å². The molecule has 1 aromatic carbocycles. The number of rotatable bonds is 2. The number of carboxylic acid groups (broad SMARTS) is 1. The van der Waals surface area contributed by atoms with E-state index in [1.165, 1.54) is 6.92 Å². The van der Waals surface area contributed by atoms with Crippen molar-refractivity contribution < 1.29 is 14.7 Å². The summed E-state index contributed by atoms with van der Waals surface area (Å²) in [5.41, 5.74) is 7.28. The summed E-state index contributed by atoms with van der Waals surface area (Å²) in [6.45, 7) is 1.76. The van der Waals surface area contributed by atoms with Gasteiger partial charge in [-0.25, -0.2) is 0 Å². The van der Waals surface area contributed by atoms with Crippen molar-refractivity contribution in [2.75, 3.05) is 5.32 Å². The van der Waals surface area contributed by atoms with Gasteiger partial charge in [0.2, 0.25) is 5.91 Å². The molecule has 0 aliphatic heterocycles. The summed E-state index contributed by atoms with van der Waals surface area (Å²) in [4.78, 5) is 19.0. The Labute approximate surface area is 87.9 Å². The highest BCUT2D eigenvalue weighted by atomic mass is 16.3. The molecule has 0 aliphatic carbocycles. The Morgan fingerprint density at radius 1 is 1.47 bits per heavy atom. The van der Waals surface area contributed by atoms with Gasteiger partial charge in [-0.1, -0.05) is 12.1 Å². The first-order valence-electron chi connectivity index (χ1n) is 4.28. The van der Waals surface area contributed by atoms with Crippen molar-refractivity contribution in [1.29, 1.82) is 0 Å². The third-order valence-electron chi connectivity index (χ3n) is 1.51. The van der Waals surface area contributed by atoms with E-state index in [1.807, 2.05) is 24.3 Å². The molecule has 0 saturated heterocycles. The largest absolute Gasteiger partial charge is 0.483 e. The molecule has 1 rings (SSSR count). The number of hydrogen-bond acceptors (Lipinski definition) is 3. The van der Waals surface area contributed by atoms with E-state index in [2.05, 4.69) is 5.32 Å². The summed E-state index contributed by atoms with van der Waals surface area (Å²) in [5, 5.41) is 9.57. The third-order valence-corrected chi connectivity index (χ3v) is 1.51. The zero-order valence-electron chi connectivity index (χ0n) is 8.43. The fourth-order valence-corrected chi connectivity index (χ4v) is 0.927. The molecule has 0 fully saturated rings. The highest BCUT2D eigenvalue weighted by Gasteiger charge is 1.94. The number of nitrogens with two attached hydrogens (primary N) is 1. The van der Waals surface area contributed by atoms with E-state index in [4.69, 9.17) is 15.6 Å². The average Bonchev–Trinajstić information content (AvgIpc) is 2.19. The molecule has 0 unspecified atom stereocenters. The minimum atomic E-state index is -0.250. The molecule has 0 atom stereocenters. The summed E-state index contributed by atoms with van der Waals surface area (Å²) < 4.78 is 0. The van der Waals surface area contributed by atoms with Crippen LogP contribution in [0.2, 0.25) is 0 Å². The Balaban J connectivity index is 0.000000583. The Morgan fingerprint density at radius 2 is 1.93 bits per heavy atom. The molecule has 0 aromatic heterocycles. The maximum atomic E-state index is 10.6. The monoisotopic (exact) mass is 210 g/mol. The molecule has 4 N–H and O–H groups in total. The lowest BCUT2D eigenvalue weighted by Gasteiger charge is -2.01. The first-order valence-corrected chi connectivity index (χ1v) is 4.28. The molecule has 0 aliphatic rings. The van der Waals surface area contributed by atoms with E-state index in [0.717, 1.165) is 11.3 Å². The molecule has 0 bridgehead atoms. The summed E-state index contributed by atoms with van der Waals surface area (Å²) >= 11 is 0. The lowest BCUT2D eigenvalue weighted by atomic mass is 10.2. The van der Waals surface area contributed by atoms with Gasteiger partial charge < -0.3 is 16.2 Å². The normalized spacial score (nSPS) is 8.40. The molecule has 0 radical (unpaired) electrons. The molecule has 0 heterocycles. The SMILES string of the molecule is CC(=O)Nc1ccc(CN)cc1.O=CO. The van der Waals surface area contributed by atoms with Crippen LogP contribution in [0.4, 0.5) is 5.69 Å². The van der Waals surface area contributed by atoms with Crippen molar-refractivity contribution >= 4 is 18.1 Å². The molecule has 0 spiro atoms. The predicted octanol–water partition coefficient (Wildman–Crippen LogP) is 0.804. The van der Waals surface area contributed by atoms with Crippen LogP contribution >= 0.6 is 0 Å². The Hall–Kier alpha value is -1.88. The highest BCUT2D eigenvalue weighted by Crippen LogP contribution is 2.08. The first kappa shape index (κ1) is 13.1. The molecule has 5 nitrogen and oxygen atoms in total. The number of carbonyl (C=O) groups excluding carboxylic acids is 1. The van der Waals surface area contributed by atoms with Crippen LogP contribution in [0.15, 0.2) is 24.3 Å². The fourth-order valence-electron chi connectivity index (χ4n) is 0.927. The Kier molecular flexibility index (Phi) is 6.57. The van der Waals surface area contributed by atoms with Crippen LogP contribution in [0.1, 0.15) is 12.5 Å². The number of amides is 1. The minimum Gasteiger partial charge on any atom is -0.483 e. The van der Waals surface area contributed by atoms with Crippen LogP contribution in [0.3, 0.4) is 0 Å². The van der Waals surface area contributed by atoms with Gasteiger partial charge in [0, 0.05) is 19.2 Å². The Bertz CT molecular complexity index is 309. The van der Waals surface area contributed by atoms with Gasteiger partial charge in [0.15, 0.2) is 0 Å². The molecule has 15 heavy (non-hydrogen) atoms. The van der Waals surface area contributed by atoms with Crippen LogP contribution in [0.25, 0.3) is 0 Å². The minimum absolute atomic E-state index is 0.0597. The molecular weight excluding hydrogens is 196 g/mol. The van der Waals surface area contributed by atoms with Crippen molar-refractivity contribution in [2.45, 2.75) is 13.5 Å². The standard InChI is InChI=1S/C9H12N2O.CH2O2/c1-7(12)11-9-4-2-8(6-10)3-5-9;2-1-3/h2-5H,6,10H2,1H3,(H,11,12);1H,(H,2,3). The van der Waals surface area contributed by atoms with E-state index >= 15 is 0 Å². The van der Waals surface area contributed by atoms with Gasteiger partial charge in [-0.05, 0) is 17.7 Å². The second-order valence-corrected chi connectivity index (χ2v) is 2.69. The highest BCUT2D eigenvalue weighted by molar-refractivity contribution is 5.88. The molecule has 1 amide bonds.